The van der Waals surface area contributed by atoms with Gasteiger partial charge in [0.1, 0.15) is 12.3 Å². The summed E-state index contributed by atoms with van der Waals surface area (Å²) < 4.78 is 5.53. The molecule has 1 aliphatic rings. The number of nitriles is 1. The number of rotatable bonds is 3. The topological polar surface area (TPSA) is 53.3 Å². The van der Waals surface area contributed by atoms with E-state index >= 15 is 0 Å². The summed E-state index contributed by atoms with van der Waals surface area (Å²) in [6, 6.07) is 7.57. The molecule has 0 atom stereocenters. The minimum Gasteiger partial charge on any atom is -0.492 e. The van der Waals surface area contributed by atoms with E-state index in [1.54, 1.807) is 6.07 Å². The number of carbonyl (C=O) groups is 1. The lowest BCUT2D eigenvalue weighted by Gasteiger charge is -2.29. The quantitative estimate of drug-likeness (QED) is 0.745. The van der Waals surface area contributed by atoms with Crippen molar-refractivity contribution >= 4 is 11.5 Å². The van der Waals surface area contributed by atoms with E-state index in [0.29, 0.717) is 30.9 Å². The lowest BCUT2D eigenvalue weighted by Crippen LogP contribution is -2.32. The van der Waals surface area contributed by atoms with E-state index in [9.17, 15) is 4.79 Å². The van der Waals surface area contributed by atoms with Gasteiger partial charge in [-0.1, -0.05) is 6.07 Å². The summed E-state index contributed by atoms with van der Waals surface area (Å²) in [5.74, 6) is 0.809. The number of para-hydroxylation sites is 1. The van der Waals surface area contributed by atoms with Crippen LogP contribution < -0.4 is 9.64 Å². The van der Waals surface area contributed by atoms with Crippen LogP contribution >= 0.6 is 0 Å². The molecule has 0 unspecified atom stereocenters. The predicted molar refractivity (Wildman–Crippen MR) is 64.4 cm³/mol. The minimum absolute atomic E-state index is 0.121. The van der Waals surface area contributed by atoms with Crippen molar-refractivity contribution in [2.45, 2.75) is 13.3 Å². The Bertz CT molecular complexity index is 477. The zero-order chi connectivity index (χ0) is 12.3. The minimum atomic E-state index is 0.121. The summed E-state index contributed by atoms with van der Waals surface area (Å²) >= 11 is 0. The second-order valence-corrected chi connectivity index (χ2v) is 3.84. The largest absolute Gasteiger partial charge is 0.492 e. The summed E-state index contributed by atoms with van der Waals surface area (Å²) in [5, 5.41) is 8.81. The lowest BCUT2D eigenvalue weighted by molar-refractivity contribution is 0.0979. The van der Waals surface area contributed by atoms with Gasteiger partial charge in [0.25, 0.3) is 0 Å². The van der Waals surface area contributed by atoms with Crippen LogP contribution in [0.2, 0.25) is 0 Å². The fourth-order valence-electron chi connectivity index (χ4n) is 2.07. The highest BCUT2D eigenvalue weighted by atomic mass is 16.5. The molecular weight excluding hydrogens is 216 g/mol. The van der Waals surface area contributed by atoms with Crippen LogP contribution in [0, 0.1) is 11.3 Å². The second kappa shape index (κ2) is 4.88. The van der Waals surface area contributed by atoms with Crippen LogP contribution in [-0.2, 0) is 0 Å². The first-order valence-corrected chi connectivity index (χ1v) is 5.68. The van der Waals surface area contributed by atoms with E-state index in [1.807, 2.05) is 24.0 Å². The first kappa shape index (κ1) is 11.5. The van der Waals surface area contributed by atoms with Gasteiger partial charge < -0.3 is 9.64 Å². The Hall–Kier alpha value is -2.02. The van der Waals surface area contributed by atoms with Crippen molar-refractivity contribution in [1.82, 2.24) is 0 Å². The fourth-order valence-corrected chi connectivity index (χ4v) is 2.07. The molecule has 0 aliphatic carbocycles. The molecule has 2 rings (SSSR count). The highest BCUT2D eigenvalue weighted by molar-refractivity contribution is 6.04. The van der Waals surface area contributed by atoms with Crippen molar-refractivity contribution in [2.75, 3.05) is 24.6 Å². The molecule has 0 saturated heterocycles. The lowest BCUT2D eigenvalue weighted by atomic mass is 10.00. The molecule has 88 valence electrons. The number of nitrogens with zero attached hydrogens (tertiary/aromatic N) is 2. The number of fused-ring (bicyclic) bond motifs is 1. The third-order valence-electron chi connectivity index (χ3n) is 2.79. The summed E-state index contributed by atoms with van der Waals surface area (Å²) in [7, 11) is 0. The number of carbonyl (C=O) groups excluding carboxylic acids is 1. The molecule has 4 nitrogen and oxygen atoms in total. The SMILES string of the molecule is CCOc1cccc2c1N(CC#N)CCC2=O. The number of hydrogen-bond donors (Lipinski definition) is 0. The first-order valence-electron chi connectivity index (χ1n) is 5.68. The molecule has 0 fully saturated rings. The molecule has 0 radical (unpaired) electrons. The monoisotopic (exact) mass is 230 g/mol. The Morgan fingerprint density at radius 2 is 2.35 bits per heavy atom. The number of hydrogen-bond acceptors (Lipinski definition) is 4. The maximum absolute atomic E-state index is 11.8. The van der Waals surface area contributed by atoms with Crippen LogP contribution in [0.3, 0.4) is 0 Å². The van der Waals surface area contributed by atoms with Crippen molar-refractivity contribution in [1.29, 1.82) is 5.26 Å². The van der Waals surface area contributed by atoms with Crippen molar-refractivity contribution in [3.05, 3.63) is 23.8 Å². The number of benzene rings is 1. The van der Waals surface area contributed by atoms with Crippen molar-refractivity contribution < 1.29 is 9.53 Å². The van der Waals surface area contributed by atoms with Crippen LogP contribution in [0.1, 0.15) is 23.7 Å². The van der Waals surface area contributed by atoms with Crippen LogP contribution in [0.5, 0.6) is 5.75 Å². The molecule has 0 spiro atoms. The van der Waals surface area contributed by atoms with Gasteiger partial charge in [-0.05, 0) is 19.1 Å². The van der Waals surface area contributed by atoms with Crippen LogP contribution in [-0.4, -0.2) is 25.5 Å². The van der Waals surface area contributed by atoms with Gasteiger partial charge in [-0.15, -0.1) is 0 Å². The van der Waals surface area contributed by atoms with Crippen molar-refractivity contribution in [3.63, 3.8) is 0 Å². The van der Waals surface area contributed by atoms with E-state index in [0.717, 1.165) is 5.69 Å². The van der Waals surface area contributed by atoms with E-state index in [-0.39, 0.29) is 12.3 Å². The zero-order valence-corrected chi connectivity index (χ0v) is 9.77. The average Bonchev–Trinajstić information content (AvgIpc) is 2.34. The Balaban J connectivity index is 2.49. The Labute approximate surface area is 100 Å². The zero-order valence-electron chi connectivity index (χ0n) is 9.77. The summed E-state index contributed by atoms with van der Waals surface area (Å²) in [6.07, 6.45) is 0.463. The van der Waals surface area contributed by atoms with Gasteiger partial charge >= 0.3 is 0 Å². The summed E-state index contributed by atoms with van der Waals surface area (Å²) in [4.78, 5) is 13.7. The fraction of sp³-hybridized carbons (Fsp3) is 0.385. The number of anilines is 1. The molecule has 1 aromatic rings. The summed E-state index contributed by atoms with van der Waals surface area (Å²) in [6.45, 7) is 3.32. The van der Waals surface area contributed by atoms with E-state index in [4.69, 9.17) is 10.00 Å². The Morgan fingerprint density at radius 3 is 3.06 bits per heavy atom. The average molecular weight is 230 g/mol. The van der Waals surface area contributed by atoms with Crippen molar-refractivity contribution in [3.8, 4) is 11.8 Å². The Morgan fingerprint density at radius 1 is 1.53 bits per heavy atom. The van der Waals surface area contributed by atoms with E-state index in [2.05, 4.69) is 6.07 Å². The first-order chi connectivity index (χ1) is 8.27. The molecule has 4 heteroatoms. The molecule has 0 aromatic heterocycles. The highest BCUT2D eigenvalue weighted by Gasteiger charge is 2.25. The van der Waals surface area contributed by atoms with Gasteiger partial charge in [-0.3, -0.25) is 4.79 Å². The Kier molecular flexibility index (Phi) is 3.29. The van der Waals surface area contributed by atoms with Crippen LogP contribution in [0.4, 0.5) is 5.69 Å². The molecule has 0 bridgehead atoms. The standard InChI is InChI=1S/C13H14N2O2/c1-2-17-12-5-3-4-10-11(16)6-8-15(9-7-14)13(10)12/h3-5H,2,6,8-9H2,1H3. The highest BCUT2D eigenvalue weighted by Crippen LogP contribution is 2.35. The molecule has 1 heterocycles. The van der Waals surface area contributed by atoms with Gasteiger partial charge in [0, 0.05) is 18.5 Å². The number of ketones is 1. The maximum atomic E-state index is 11.8. The molecule has 1 aliphatic heterocycles. The molecule has 1 aromatic carbocycles. The predicted octanol–water partition coefficient (Wildman–Crippen LogP) is 2.00. The van der Waals surface area contributed by atoms with Gasteiger partial charge in [0.05, 0.1) is 18.4 Å². The van der Waals surface area contributed by atoms with Crippen LogP contribution in [0.25, 0.3) is 0 Å². The van der Waals surface area contributed by atoms with E-state index < -0.39 is 0 Å². The van der Waals surface area contributed by atoms with E-state index in [1.165, 1.54) is 0 Å². The third-order valence-corrected chi connectivity index (χ3v) is 2.79. The number of ether oxygens (including phenoxy) is 1. The smallest absolute Gasteiger partial charge is 0.166 e. The van der Waals surface area contributed by atoms with Gasteiger partial charge in [0.15, 0.2) is 5.78 Å². The maximum Gasteiger partial charge on any atom is 0.166 e. The summed E-state index contributed by atoms with van der Waals surface area (Å²) in [5.41, 5.74) is 1.43. The number of Topliss-reactive ketones (excluding diaryl/α,β-unsaturated/α-hetero) is 1. The molecule has 0 saturated carbocycles. The molecule has 17 heavy (non-hydrogen) atoms. The van der Waals surface area contributed by atoms with Gasteiger partial charge in [-0.25, -0.2) is 0 Å². The third kappa shape index (κ3) is 2.09. The van der Waals surface area contributed by atoms with Gasteiger partial charge in [0.2, 0.25) is 0 Å². The molecular formula is C13H14N2O2. The molecule has 0 amide bonds. The normalized spacial score (nSPS) is 14.1. The van der Waals surface area contributed by atoms with Crippen molar-refractivity contribution in [2.24, 2.45) is 0 Å². The second-order valence-electron chi connectivity index (χ2n) is 3.84. The van der Waals surface area contributed by atoms with Gasteiger partial charge in [-0.2, -0.15) is 5.26 Å². The molecule has 0 N–H and O–H groups in total. The van der Waals surface area contributed by atoms with Crippen LogP contribution in [0.15, 0.2) is 18.2 Å².